The van der Waals surface area contributed by atoms with Crippen molar-refractivity contribution in [1.82, 2.24) is 15.1 Å². The lowest BCUT2D eigenvalue weighted by Crippen LogP contribution is -2.31. The van der Waals surface area contributed by atoms with Crippen LogP contribution in [0.4, 0.5) is 5.13 Å². The van der Waals surface area contributed by atoms with Crippen molar-refractivity contribution in [3.8, 4) is 5.75 Å². The number of aryl methyl sites for hydroxylation is 1. The Morgan fingerprint density at radius 2 is 2.07 bits per heavy atom. The van der Waals surface area contributed by atoms with Gasteiger partial charge in [0.15, 0.2) is 0 Å². The minimum absolute atomic E-state index is 0.126. The maximum Gasteiger partial charge on any atom is 0.266 e. The first kappa shape index (κ1) is 20.4. The molecule has 0 unspecified atom stereocenters. The number of aromatic nitrogens is 2. The Kier molecular flexibility index (Phi) is 6.76. The molecule has 7 nitrogen and oxygen atoms in total. The van der Waals surface area contributed by atoms with Crippen LogP contribution in [-0.4, -0.2) is 44.4 Å². The molecule has 2 heterocycles. The first-order valence-corrected chi connectivity index (χ1v) is 10.6. The molecule has 28 heavy (non-hydrogen) atoms. The van der Waals surface area contributed by atoms with Gasteiger partial charge in [0.25, 0.3) is 5.91 Å². The van der Waals surface area contributed by atoms with Crippen LogP contribution >= 0.6 is 35.3 Å². The first-order valence-electron chi connectivity index (χ1n) is 8.54. The van der Waals surface area contributed by atoms with Crippen molar-refractivity contribution in [1.29, 1.82) is 0 Å². The number of rotatable bonds is 7. The molecule has 2 aromatic rings. The lowest BCUT2D eigenvalue weighted by atomic mass is 10.2. The molecule has 0 aliphatic carbocycles. The molecular weight excluding hydrogens is 416 g/mol. The topological polar surface area (TPSA) is 84.4 Å². The van der Waals surface area contributed by atoms with Gasteiger partial charge in [-0.15, -0.1) is 10.2 Å². The van der Waals surface area contributed by atoms with Crippen molar-refractivity contribution in [2.24, 2.45) is 0 Å². The summed E-state index contributed by atoms with van der Waals surface area (Å²) in [7, 11) is 0. The van der Waals surface area contributed by atoms with Gasteiger partial charge in [0.1, 0.15) is 15.1 Å². The van der Waals surface area contributed by atoms with E-state index in [1.807, 2.05) is 38.1 Å². The third kappa shape index (κ3) is 5.15. The van der Waals surface area contributed by atoms with E-state index in [9.17, 15) is 9.59 Å². The Balaban J connectivity index is 1.58. The van der Waals surface area contributed by atoms with Crippen molar-refractivity contribution in [2.45, 2.75) is 20.3 Å². The molecule has 10 heteroatoms. The van der Waals surface area contributed by atoms with Crippen LogP contribution in [0, 0.1) is 6.92 Å². The van der Waals surface area contributed by atoms with Gasteiger partial charge in [0, 0.05) is 13.0 Å². The largest absolute Gasteiger partial charge is 0.494 e. The molecule has 1 aliphatic rings. The number of carbonyl (C=O) groups is 2. The summed E-state index contributed by atoms with van der Waals surface area (Å²) in [6.07, 6.45) is 1.92. The number of benzene rings is 1. The predicted molar refractivity (Wildman–Crippen MR) is 115 cm³/mol. The predicted octanol–water partition coefficient (Wildman–Crippen LogP) is 3.48. The fraction of sp³-hybridized carbons (Fsp3) is 0.278. The number of amides is 2. The summed E-state index contributed by atoms with van der Waals surface area (Å²) in [5, 5.41) is 11.6. The molecule has 1 aromatic heterocycles. The second-order valence-electron chi connectivity index (χ2n) is 5.76. The summed E-state index contributed by atoms with van der Waals surface area (Å²) in [6, 6.07) is 7.48. The van der Waals surface area contributed by atoms with Crippen LogP contribution in [0.3, 0.4) is 0 Å². The molecule has 1 aromatic carbocycles. The van der Waals surface area contributed by atoms with Crippen LogP contribution in [0.2, 0.25) is 0 Å². The Labute approximate surface area is 176 Å². The van der Waals surface area contributed by atoms with Gasteiger partial charge in [-0.1, -0.05) is 47.4 Å². The first-order chi connectivity index (χ1) is 13.5. The van der Waals surface area contributed by atoms with Crippen LogP contribution in [0.5, 0.6) is 5.75 Å². The number of thiocarbonyl (C=S) groups is 1. The zero-order chi connectivity index (χ0) is 20.1. The molecule has 0 saturated carbocycles. The van der Waals surface area contributed by atoms with Gasteiger partial charge < -0.3 is 10.1 Å². The molecule has 1 fully saturated rings. The van der Waals surface area contributed by atoms with Crippen LogP contribution in [0.1, 0.15) is 23.9 Å². The number of nitrogens with zero attached hydrogens (tertiary/aromatic N) is 3. The number of thioether (sulfide) groups is 1. The molecule has 2 amide bonds. The number of hydrogen-bond donors (Lipinski definition) is 1. The number of hydrogen-bond acceptors (Lipinski definition) is 8. The number of ether oxygens (including phenoxy) is 1. The third-order valence-electron chi connectivity index (χ3n) is 3.70. The van der Waals surface area contributed by atoms with Crippen LogP contribution in [0.15, 0.2) is 29.2 Å². The summed E-state index contributed by atoms with van der Waals surface area (Å²) in [5.41, 5.74) is 0.883. The van der Waals surface area contributed by atoms with Crippen molar-refractivity contribution in [2.75, 3.05) is 18.5 Å². The Morgan fingerprint density at radius 3 is 2.71 bits per heavy atom. The van der Waals surface area contributed by atoms with Crippen molar-refractivity contribution in [3.63, 3.8) is 0 Å². The van der Waals surface area contributed by atoms with E-state index in [-0.39, 0.29) is 24.8 Å². The standard InChI is InChI=1S/C18H18N4O3S3/c1-3-25-13-6-4-12(5-7-13)10-14-16(24)22(18(26)28-14)9-8-15(23)19-17-21-20-11(2)27-17/h4-7,10H,3,8-9H2,1-2H3,(H,19,21,23). The van der Waals surface area contributed by atoms with Crippen LogP contribution < -0.4 is 10.1 Å². The lowest BCUT2D eigenvalue weighted by Gasteiger charge is -2.13. The second-order valence-corrected chi connectivity index (χ2v) is 8.62. The third-order valence-corrected chi connectivity index (χ3v) is 5.83. The van der Waals surface area contributed by atoms with Gasteiger partial charge in [-0.2, -0.15) is 0 Å². The lowest BCUT2D eigenvalue weighted by molar-refractivity contribution is -0.122. The van der Waals surface area contributed by atoms with Crippen LogP contribution in [-0.2, 0) is 9.59 Å². The Morgan fingerprint density at radius 1 is 1.32 bits per heavy atom. The van der Waals surface area contributed by atoms with E-state index >= 15 is 0 Å². The molecule has 146 valence electrons. The normalized spacial score (nSPS) is 15.4. The quantitative estimate of drug-likeness (QED) is 0.527. The number of anilines is 1. The van der Waals surface area contributed by atoms with E-state index in [1.54, 1.807) is 6.08 Å². The molecule has 0 bridgehead atoms. The number of carbonyl (C=O) groups excluding carboxylic acids is 2. The fourth-order valence-corrected chi connectivity index (χ4v) is 4.33. The molecule has 3 rings (SSSR count). The second kappa shape index (κ2) is 9.26. The highest BCUT2D eigenvalue weighted by molar-refractivity contribution is 8.26. The van der Waals surface area contributed by atoms with Crippen molar-refractivity contribution in [3.05, 3.63) is 39.7 Å². The average Bonchev–Trinajstić information content (AvgIpc) is 3.18. The highest BCUT2D eigenvalue weighted by atomic mass is 32.2. The molecule has 0 radical (unpaired) electrons. The summed E-state index contributed by atoms with van der Waals surface area (Å²) in [5.74, 6) is 0.355. The van der Waals surface area contributed by atoms with Crippen molar-refractivity contribution >= 4 is 62.7 Å². The van der Waals surface area contributed by atoms with Gasteiger partial charge >= 0.3 is 0 Å². The maximum absolute atomic E-state index is 12.6. The Hall–Kier alpha value is -2.30. The van der Waals surface area contributed by atoms with Gasteiger partial charge in [0.05, 0.1) is 11.5 Å². The van der Waals surface area contributed by atoms with E-state index in [0.717, 1.165) is 16.3 Å². The van der Waals surface area contributed by atoms with E-state index in [1.165, 1.54) is 28.0 Å². The highest BCUT2D eigenvalue weighted by Crippen LogP contribution is 2.32. The van der Waals surface area contributed by atoms with Gasteiger partial charge in [-0.3, -0.25) is 14.5 Å². The van der Waals surface area contributed by atoms with E-state index in [4.69, 9.17) is 17.0 Å². The zero-order valence-electron chi connectivity index (χ0n) is 15.3. The molecular formula is C18H18N4O3S3. The average molecular weight is 435 g/mol. The van der Waals surface area contributed by atoms with Crippen molar-refractivity contribution < 1.29 is 14.3 Å². The minimum atomic E-state index is -0.235. The molecule has 1 N–H and O–H groups in total. The highest BCUT2D eigenvalue weighted by Gasteiger charge is 2.32. The fourth-order valence-electron chi connectivity index (χ4n) is 2.41. The zero-order valence-corrected chi connectivity index (χ0v) is 17.7. The van der Waals surface area contributed by atoms with Gasteiger partial charge in [-0.05, 0) is 37.6 Å². The summed E-state index contributed by atoms with van der Waals surface area (Å²) >= 11 is 7.84. The van der Waals surface area contributed by atoms with Crippen LogP contribution in [0.25, 0.3) is 6.08 Å². The monoisotopic (exact) mass is 434 g/mol. The molecule has 1 saturated heterocycles. The minimum Gasteiger partial charge on any atom is -0.494 e. The summed E-state index contributed by atoms with van der Waals surface area (Å²) in [6.45, 7) is 4.55. The summed E-state index contributed by atoms with van der Waals surface area (Å²) < 4.78 is 5.86. The van der Waals surface area contributed by atoms with E-state index in [0.29, 0.717) is 21.0 Å². The summed E-state index contributed by atoms with van der Waals surface area (Å²) in [4.78, 5) is 26.7. The van der Waals surface area contributed by atoms with E-state index in [2.05, 4.69) is 15.5 Å². The smallest absolute Gasteiger partial charge is 0.266 e. The molecule has 0 atom stereocenters. The van der Waals surface area contributed by atoms with E-state index < -0.39 is 0 Å². The maximum atomic E-state index is 12.6. The molecule has 0 spiro atoms. The van der Waals surface area contributed by atoms with Gasteiger partial charge in [0.2, 0.25) is 11.0 Å². The molecule has 1 aliphatic heterocycles. The Bertz CT molecular complexity index is 924. The van der Waals surface area contributed by atoms with Gasteiger partial charge in [-0.25, -0.2) is 0 Å². The SMILES string of the molecule is CCOc1ccc(C=C2SC(=S)N(CCC(=O)Nc3nnc(C)s3)C2=O)cc1. The number of nitrogens with one attached hydrogen (secondary N) is 1.